The number of carbonyl (C=O) groups excluding carboxylic acids is 1. The van der Waals surface area contributed by atoms with Gasteiger partial charge in [0.2, 0.25) is 0 Å². The van der Waals surface area contributed by atoms with Gasteiger partial charge in [-0.25, -0.2) is 13.2 Å². The van der Waals surface area contributed by atoms with Crippen molar-refractivity contribution in [1.82, 2.24) is 4.90 Å². The van der Waals surface area contributed by atoms with Gasteiger partial charge in [0.25, 0.3) is 10.0 Å². The van der Waals surface area contributed by atoms with E-state index in [1.54, 1.807) is 24.3 Å². The normalized spacial score (nSPS) is 19.7. The molecule has 0 spiro atoms. The Morgan fingerprint density at radius 2 is 1.48 bits per heavy atom. The lowest BCUT2D eigenvalue weighted by Gasteiger charge is -2.46. The standard InChI is InChI=1S/C38H40N2O5S/c1-27-18-20-32(21-19-27)46(43,44)40-34-17-11-10-16-33(34)38(23-29(3)28(2)22-35(38)40)36(41)25-39(24-30-12-6-4-7-13-30)37(42)45-26-31-14-8-5-9-15-31/h4-21,35-36,41H,22-26H2,1-3H3/t35-,36?,38+/m1/s1. The predicted molar refractivity (Wildman–Crippen MR) is 180 cm³/mol. The molecule has 1 aliphatic carbocycles. The highest BCUT2D eigenvalue weighted by atomic mass is 32.2. The Hall–Kier alpha value is -4.40. The largest absolute Gasteiger partial charge is 0.445 e. The average Bonchev–Trinajstić information content (AvgIpc) is 3.35. The third-order valence-electron chi connectivity index (χ3n) is 9.55. The lowest BCUT2D eigenvalue weighted by Crippen LogP contribution is -2.58. The van der Waals surface area contributed by atoms with Crippen LogP contribution in [-0.4, -0.2) is 43.2 Å². The van der Waals surface area contributed by atoms with Crippen LogP contribution in [0, 0.1) is 6.92 Å². The first kappa shape index (κ1) is 31.6. The van der Waals surface area contributed by atoms with E-state index in [4.69, 9.17) is 4.74 Å². The van der Waals surface area contributed by atoms with E-state index >= 15 is 0 Å². The van der Waals surface area contributed by atoms with Crippen LogP contribution in [0.5, 0.6) is 0 Å². The number of anilines is 1. The molecule has 1 aliphatic heterocycles. The van der Waals surface area contributed by atoms with Crippen LogP contribution in [0.4, 0.5) is 10.5 Å². The molecule has 1 amide bonds. The fourth-order valence-electron chi connectivity index (χ4n) is 6.98. The zero-order valence-electron chi connectivity index (χ0n) is 26.5. The number of hydrogen-bond acceptors (Lipinski definition) is 5. The monoisotopic (exact) mass is 636 g/mol. The maximum absolute atomic E-state index is 14.5. The molecule has 0 radical (unpaired) electrons. The molecule has 238 valence electrons. The van der Waals surface area contributed by atoms with Crippen LogP contribution in [0.15, 0.2) is 125 Å². The number of ether oxygens (including phenoxy) is 1. The highest BCUT2D eigenvalue weighted by Gasteiger charge is 2.59. The number of amides is 1. The number of rotatable bonds is 9. The van der Waals surface area contributed by atoms with Crippen LogP contribution < -0.4 is 4.31 Å². The molecule has 1 heterocycles. The van der Waals surface area contributed by atoms with Crippen LogP contribution >= 0.6 is 0 Å². The van der Waals surface area contributed by atoms with E-state index in [1.807, 2.05) is 98.8 Å². The van der Waals surface area contributed by atoms with E-state index < -0.39 is 33.7 Å². The fraction of sp³-hybridized carbons (Fsp3) is 0.289. The van der Waals surface area contributed by atoms with Crippen molar-refractivity contribution in [2.24, 2.45) is 0 Å². The molecule has 4 aromatic carbocycles. The summed E-state index contributed by atoms with van der Waals surface area (Å²) in [6.45, 7) is 6.29. The number of carbonyl (C=O) groups is 1. The summed E-state index contributed by atoms with van der Waals surface area (Å²) in [5, 5.41) is 12.5. The highest BCUT2D eigenvalue weighted by Crippen LogP contribution is 2.56. The molecule has 6 rings (SSSR count). The summed E-state index contributed by atoms with van der Waals surface area (Å²) < 4.78 is 36.2. The Morgan fingerprint density at radius 1 is 0.870 bits per heavy atom. The number of aliphatic hydroxyl groups excluding tert-OH is 1. The molecular weight excluding hydrogens is 596 g/mol. The first-order chi connectivity index (χ1) is 22.1. The third kappa shape index (κ3) is 5.83. The Morgan fingerprint density at radius 3 is 2.15 bits per heavy atom. The molecule has 2 aliphatic rings. The lowest BCUT2D eigenvalue weighted by atomic mass is 9.63. The summed E-state index contributed by atoms with van der Waals surface area (Å²) in [4.78, 5) is 15.4. The quantitative estimate of drug-likeness (QED) is 0.197. The van der Waals surface area contributed by atoms with Crippen LogP contribution in [0.25, 0.3) is 0 Å². The molecule has 0 fully saturated rings. The van der Waals surface area contributed by atoms with E-state index in [2.05, 4.69) is 6.92 Å². The van der Waals surface area contributed by atoms with Crippen molar-refractivity contribution in [2.45, 2.75) is 69.2 Å². The number of aliphatic hydroxyl groups is 1. The number of allylic oxidation sites excluding steroid dienone is 1. The molecule has 3 atom stereocenters. The van der Waals surface area contributed by atoms with E-state index in [9.17, 15) is 18.3 Å². The van der Waals surface area contributed by atoms with Gasteiger partial charge < -0.3 is 14.7 Å². The maximum atomic E-state index is 14.5. The van der Waals surface area contributed by atoms with Gasteiger partial charge in [-0.1, -0.05) is 108 Å². The summed E-state index contributed by atoms with van der Waals surface area (Å²) in [7, 11) is -3.99. The smallest absolute Gasteiger partial charge is 0.410 e. The van der Waals surface area contributed by atoms with Gasteiger partial charge in [-0.05, 0) is 68.5 Å². The van der Waals surface area contributed by atoms with Gasteiger partial charge in [0.1, 0.15) is 6.61 Å². The SMILES string of the molecule is CC1=C(C)C[C@]2(C(O)CN(Cc3ccccc3)C(=O)OCc3ccccc3)c3ccccc3N(S(=O)(=O)c3ccc(C)cc3)[C@@H]2C1. The Kier molecular flexibility index (Phi) is 8.77. The van der Waals surface area contributed by atoms with Crippen LogP contribution in [-0.2, 0) is 33.3 Å². The van der Waals surface area contributed by atoms with Crippen molar-refractivity contribution in [1.29, 1.82) is 0 Å². The fourth-order valence-corrected chi connectivity index (χ4v) is 8.70. The number of benzene rings is 4. The Balaban J connectivity index is 1.40. The van der Waals surface area contributed by atoms with E-state index in [-0.39, 0.29) is 24.6 Å². The zero-order valence-corrected chi connectivity index (χ0v) is 27.3. The summed E-state index contributed by atoms with van der Waals surface area (Å²) in [6.07, 6.45) is -0.734. The van der Waals surface area contributed by atoms with Crippen LogP contribution in [0.1, 0.15) is 48.9 Å². The molecule has 46 heavy (non-hydrogen) atoms. The summed E-state index contributed by atoms with van der Waals surface area (Å²) in [5.74, 6) is 0. The van der Waals surface area contributed by atoms with Gasteiger partial charge in [-0.2, -0.15) is 0 Å². The minimum absolute atomic E-state index is 0.0436. The van der Waals surface area contributed by atoms with Crippen molar-refractivity contribution >= 4 is 21.8 Å². The third-order valence-corrected chi connectivity index (χ3v) is 11.4. The van der Waals surface area contributed by atoms with Crippen molar-refractivity contribution < 1.29 is 23.1 Å². The van der Waals surface area contributed by atoms with Crippen molar-refractivity contribution in [3.8, 4) is 0 Å². The van der Waals surface area contributed by atoms with Crippen molar-refractivity contribution in [3.05, 3.63) is 143 Å². The van der Waals surface area contributed by atoms with Gasteiger partial charge >= 0.3 is 6.09 Å². The molecule has 0 saturated heterocycles. The van der Waals surface area contributed by atoms with Gasteiger partial charge in [0.15, 0.2) is 0 Å². The number of aryl methyl sites for hydroxylation is 1. The number of para-hydroxylation sites is 1. The molecule has 1 unspecified atom stereocenters. The van der Waals surface area contributed by atoms with Crippen molar-refractivity contribution in [2.75, 3.05) is 10.8 Å². The molecule has 7 nitrogen and oxygen atoms in total. The lowest BCUT2D eigenvalue weighted by molar-refractivity contribution is 0.0216. The summed E-state index contributed by atoms with van der Waals surface area (Å²) in [6, 6.07) is 32.9. The van der Waals surface area contributed by atoms with Crippen molar-refractivity contribution in [3.63, 3.8) is 0 Å². The number of fused-ring (bicyclic) bond motifs is 3. The number of nitrogens with zero attached hydrogens (tertiary/aromatic N) is 2. The molecule has 0 saturated carbocycles. The number of hydrogen-bond donors (Lipinski definition) is 1. The molecular formula is C38H40N2O5S. The molecule has 1 N–H and O–H groups in total. The predicted octanol–water partition coefficient (Wildman–Crippen LogP) is 7.14. The minimum atomic E-state index is -3.99. The van der Waals surface area contributed by atoms with E-state index in [0.717, 1.165) is 33.4 Å². The van der Waals surface area contributed by atoms with Crippen LogP contribution in [0.2, 0.25) is 0 Å². The Bertz CT molecular complexity index is 1840. The first-order valence-electron chi connectivity index (χ1n) is 15.6. The second kappa shape index (κ2) is 12.8. The molecule has 4 aromatic rings. The molecule has 0 bridgehead atoms. The molecule has 0 aromatic heterocycles. The topological polar surface area (TPSA) is 87.2 Å². The van der Waals surface area contributed by atoms with Gasteiger partial charge in [-0.3, -0.25) is 4.31 Å². The van der Waals surface area contributed by atoms with E-state index in [1.165, 1.54) is 9.21 Å². The minimum Gasteiger partial charge on any atom is -0.445 e. The van der Waals surface area contributed by atoms with Crippen LogP contribution in [0.3, 0.4) is 0 Å². The second-order valence-electron chi connectivity index (χ2n) is 12.6. The average molecular weight is 637 g/mol. The Labute approximate surface area is 271 Å². The summed E-state index contributed by atoms with van der Waals surface area (Å²) >= 11 is 0. The van der Waals surface area contributed by atoms with Gasteiger partial charge in [0.05, 0.1) is 34.7 Å². The first-order valence-corrected chi connectivity index (χ1v) is 17.1. The molecule has 8 heteroatoms. The number of sulfonamides is 1. The highest BCUT2D eigenvalue weighted by molar-refractivity contribution is 7.92. The van der Waals surface area contributed by atoms with Gasteiger partial charge in [-0.15, -0.1) is 0 Å². The second-order valence-corrected chi connectivity index (χ2v) is 14.4. The van der Waals surface area contributed by atoms with Gasteiger partial charge in [0, 0.05) is 6.54 Å². The van der Waals surface area contributed by atoms with E-state index in [0.29, 0.717) is 18.5 Å². The zero-order chi connectivity index (χ0) is 32.5. The maximum Gasteiger partial charge on any atom is 0.410 e. The summed E-state index contributed by atoms with van der Waals surface area (Å²) in [5.41, 5.74) is 5.28.